The van der Waals surface area contributed by atoms with Crippen LogP contribution < -0.4 is 5.32 Å². The van der Waals surface area contributed by atoms with Crippen molar-refractivity contribution in [2.45, 2.75) is 50.8 Å². The first kappa shape index (κ1) is 14.4. The van der Waals surface area contributed by atoms with Gasteiger partial charge in [-0.3, -0.25) is 4.79 Å². The van der Waals surface area contributed by atoms with Crippen LogP contribution in [0.3, 0.4) is 0 Å². The van der Waals surface area contributed by atoms with Gasteiger partial charge in [-0.2, -0.15) is 0 Å². The van der Waals surface area contributed by atoms with Gasteiger partial charge in [-0.25, -0.2) is 0 Å². The molecule has 1 aliphatic rings. The van der Waals surface area contributed by atoms with Crippen molar-refractivity contribution in [3.8, 4) is 0 Å². The van der Waals surface area contributed by atoms with Gasteiger partial charge in [-0.15, -0.1) is 11.6 Å². The molecular weight excluding hydrogens is 258 g/mol. The highest BCUT2D eigenvalue weighted by Gasteiger charge is 2.16. The van der Waals surface area contributed by atoms with E-state index in [0.717, 1.165) is 23.6 Å². The number of benzene rings is 1. The zero-order valence-corrected chi connectivity index (χ0v) is 12.2. The fraction of sp³-hybridized carbons (Fsp3) is 0.562. The molecule has 1 fully saturated rings. The second-order valence-corrected chi connectivity index (χ2v) is 6.10. The SMILES string of the molecule is CC(Cl)c1ccccc1NC(=O)CCC1CCCC1. The van der Waals surface area contributed by atoms with Gasteiger partial charge in [0.2, 0.25) is 5.91 Å². The molecule has 2 nitrogen and oxygen atoms in total. The summed E-state index contributed by atoms with van der Waals surface area (Å²) >= 11 is 6.12. The molecule has 1 N–H and O–H groups in total. The van der Waals surface area contributed by atoms with Gasteiger partial charge in [0.25, 0.3) is 0 Å². The third kappa shape index (κ3) is 4.24. The number of amides is 1. The Morgan fingerprint density at radius 1 is 1.37 bits per heavy atom. The minimum Gasteiger partial charge on any atom is -0.326 e. The van der Waals surface area contributed by atoms with Crippen molar-refractivity contribution in [2.24, 2.45) is 5.92 Å². The van der Waals surface area contributed by atoms with Gasteiger partial charge in [-0.05, 0) is 30.9 Å². The topological polar surface area (TPSA) is 29.1 Å². The quantitative estimate of drug-likeness (QED) is 0.764. The summed E-state index contributed by atoms with van der Waals surface area (Å²) < 4.78 is 0. The number of carbonyl (C=O) groups excluding carboxylic acids is 1. The highest BCUT2D eigenvalue weighted by atomic mass is 35.5. The van der Waals surface area contributed by atoms with Crippen molar-refractivity contribution in [1.82, 2.24) is 0 Å². The van der Waals surface area contributed by atoms with E-state index in [2.05, 4.69) is 5.32 Å². The molecular formula is C16H22ClNO. The lowest BCUT2D eigenvalue weighted by Crippen LogP contribution is -2.14. The molecule has 0 bridgehead atoms. The second kappa shape index (κ2) is 6.95. The molecule has 1 aliphatic carbocycles. The highest BCUT2D eigenvalue weighted by molar-refractivity contribution is 6.21. The molecule has 0 aliphatic heterocycles. The average Bonchev–Trinajstić information content (AvgIpc) is 2.90. The standard InChI is InChI=1S/C16H22ClNO/c1-12(17)14-8-4-5-9-15(14)18-16(19)11-10-13-6-2-3-7-13/h4-5,8-9,12-13H,2-3,6-7,10-11H2,1H3,(H,18,19). The number of anilines is 1. The maximum absolute atomic E-state index is 12.0. The number of nitrogens with one attached hydrogen (secondary N) is 1. The van der Waals surface area contributed by atoms with E-state index in [1.54, 1.807) is 0 Å². The molecule has 1 aromatic carbocycles. The number of hydrogen-bond acceptors (Lipinski definition) is 1. The third-order valence-corrected chi connectivity index (χ3v) is 4.15. The first-order valence-electron chi connectivity index (χ1n) is 7.19. The predicted molar refractivity (Wildman–Crippen MR) is 80.5 cm³/mol. The number of rotatable bonds is 5. The van der Waals surface area contributed by atoms with Gasteiger partial charge in [0.15, 0.2) is 0 Å². The van der Waals surface area contributed by atoms with E-state index >= 15 is 0 Å². The zero-order chi connectivity index (χ0) is 13.7. The van der Waals surface area contributed by atoms with E-state index in [1.807, 2.05) is 31.2 Å². The molecule has 19 heavy (non-hydrogen) atoms. The van der Waals surface area contributed by atoms with E-state index in [1.165, 1.54) is 25.7 Å². The van der Waals surface area contributed by atoms with Crippen LogP contribution in [-0.4, -0.2) is 5.91 Å². The number of para-hydroxylation sites is 1. The van der Waals surface area contributed by atoms with Crippen molar-refractivity contribution in [3.63, 3.8) is 0 Å². The molecule has 0 radical (unpaired) electrons. The fourth-order valence-electron chi connectivity index (χ4n) is 2.80. The number of halogens is 1. The molecule has 1 saturated carbocycles. The maximum Gasteiger partial charge on any atom is 0.224 e. The Morgan fingerprint density at radius 3 is 2.74 bits per heavy atom. The van der Waals surface area contributed by atoms with Crippen molar-refractivity contribution in [1.29, 1.82) is 0 Å². The Balaban J connectivity index is 1.87. The van der Waals surface area contributed by atoms with Gasteiger partial charge in [0.05, 0.1) is 5.38 Å². The Bertz CT molecular complexity index is 425. The van der Waals surface area contributed by atoms with Crippen LogP contribution in [0.15, 0.2) is 24.3 Å². The van der Waals surface area contributed by atoms with Crippen LogP contribution in [0.4, 0.5) is 5.69 Å². The summed E-state index contributed by atoms with van der Waals surface area (Å²) in [7, 11) is 0. The monoisotopic (exact) mass is 279 g/mol. The summed E-state index contributed by atoms with van der Waals surface area (Å²) in [4.78, 5) is 12.0. The lowest BCUT2D eigenvalue weighted by Gasteiger charge is -2.13. The van der Waals surface area contributed by atoms with Crippen molar-refractivity contribution >= 4 is 23.2 Å². The van der Waals surface area contributed by atoms with Crippen LogP contribution in [0.2, 0.25) is 0 Å². The van der Waals surface area contributed by atoms with E-state index in [-0.39, 0.29) is 11.3 Å². The molecule has 104 valence electrons. The second-order valence-electron chi connectivity index (χ2n) is 5.44. The van der Waals surface area contributed by atoms with Gasteiger partial charge in [0.1, 0.15) is 0 Å². The number of hydrogen-bond donors (Lipinski definition) is 1. The van der Waals surface area contributed by atoms with E-state index in [9.17, 15) is 4.79 Å². The van der Waals surface area contributed by atoms with Crippen molar-refractivity contribution in [2.75, 3.05) is 5.32 Å². The van der Waals surface area contributed by atoms with Gasteiger partial charge in [-0.1, -0.05) is 43.9 Å². The van der Waals surface area contributed by atoms with Gasteiger partial charge < -0.3 is 5.32 Å². The van der Waals surface area contributed by atoms with Crippen LogP contribution in [-0.2, 0) is 4.79 Å². The van der Waals surface area contributed by atoms with E-state index in [4.69, 9.17) is 11.6 Å². The summed E-state index contributed by atoms with van der Waals surface area (Å²) in [5.74, 6) is 0.865. The molecule has 1 aromatic rings. The molecule has 0 aromatic heterocycles. The summed E-state index contributed by atoms with van der Waals surface area (Å²) in [6.45, 7) is 1.92. The van der Waals surface area contributed by atoms with Crippen LogP contribution in [0.1, 0.15) is 56.4 Å². The van der Waals surface area contributed by atoms with Crippen LogP contribution in [0.5, 0.6) is 0 Å². The molecule has 0 spiro atoms. The Kier molecular flexibility index (Phi) is 5.26. The number of carbonyl (C=O) groups is 1. The summed E-state index contributed by atoms with van der Waals surface area (Å²) in [6.07, 6.45) is 6.89. The molecule has 1 unspecified atom stereocenters. The van der Waals surface area contributed by atoms with E-state index in [0.29, 0.717) is 6.42 Å². The Labute approximate surface area is 120 Å². The molecule has 1 amide bonds. The normalized spacial score (nSPS) is 17.4. The predicted octanol–water partition coefficient (Wildman–Crippen LogP) is 4.90. The van der Waals surface area contributed by atoms with Gasteiger partial charge in [0, 0.05) is 12.1 Å². The average molecular weight is 280 g/mol. The van der Waals surface area contributed by atoms with Gasteiger partial charge >= 0.3 is 0 Å². The Hall–Kier alpha value is -1.02. The first-order chi connectivity index (χ1) is 9.16. The first-order valence-corrected chi connectivity index (χ1v) is 7.63. The Morgan fingerprint density at radius 2 is 2.05 bits per heavy atom. The highest BCUT2D eigenvalue weighted by Crippen LogP contribution is 2.29. The maximum atomic E-state index is 12.0. The lowest BCUT2D eigenvalue weighted by molar-refractivity contribution is -0.116. The van der Waals surface area contributed by atoms with Crippen molar-refractivity contribution < 1.29 is 4.79 Å². The van der Waals surface area contributed by atoms with E-state index < -0.39 is 0 Å². The summed E-state index contributed by atoms with van der Waals surface area (Å²) in [6, 6.07) is 7.75. The molecule has 1 atom stereocenters. The van der Waals surface area contributed by atoms with Crippen molar-refractivity contribution in [3.05, 3.63) is 29.8 Å². The minimum absolute atomic E-state index is 0.0914. The number of alkyl halides is 1. The lowest BCUT2D eigenvalue weighted by atomic mass is 10.0. The third-order valence-electron chi connectivity index (χ3n) is 3.92. The van der Waals surface area contributed by atoms with Crippen LogP contribution >= 0.6 is 11.6 Å². The summed E-state index contributed by atoms with van der Waals surface area (Å²) in [5, 5.41) is 2.90. The van der Waals surface area contributed by atoms with Crippen LogP contribution in [0, 0.1) is 5.92 Å². The zero-order valence-electron chi connectivity index (χ0n) is 11.5. The summed E-state index contributed by atoms with van der Waals surface area (Å²) in [5.41, 5.74) is 1.83. The smallest absolute Gasteiger partial charge is 0.224 e. The van der Waals surface area contributed by atoms with Crippen LogP contribution in [0.25, 0.3) is 0 Å². The minimum atomic E-state index is -0.0914. The largest absolute Gasteiger partial charge is 0.326 e. The molecule has 3 heteroatoms. The molecule has 0 saturated heterocycles. The molecule has 0 heterocycles. The molecule has 2 rings (SSSR count). The fourth-order valence-corrected chi connectivity index (χ4v) is 2.99.